The average molecular weight is 486 g/mol. The van der Waals surface area contributed by atoms with Crippen molar-refractivity contribution >= 4 is 22.5 Å². The number of anilines is 1. The minimum absolute atomic E-state index is 0.334. The Morgan fingerprint density at radius 2 is 1.67 bits per heavy atom. The molecule has 0 atom stereocenters. The number of carbonyl (C=O) groups is 1. The Hall–Kier alpha value is -4.39. The Morgan fingerprint density at radius 3 is 2.42 bits per heavy atom. The van der Waals surface area contributed by atoms with Gasteiger partial charge in [-0.3, -0.25) is 9.78 Å². The first-order valence-corrected chi connectivity index (χ1v) is 11.5. The molecule has 5 rings (SSSR count). The van der Waals surface area contributed by atoms with Crippen LogP contribution in [-0.4, -0.2) is 15.5 Å². The van der Waals surface area contributed by atoms with E-state index in [2.05, 4.69) is 14.9 Å². The third kappa shape index (κ3) is 5.00. The summed E-state index contributed by atoms with van der Waals surface area (Å²) in [7, 11) is 0. The second kappa shape index (κ2) is 9.70. The van der Waals surface area contributed by atoms with Crippen LogP contribution in [0.2, 0.25) is 0 Å². The topological polar surface area (TPSA) is 46.9 Å². The molecule has 3 aromatic carbocycles. The first-order chi connectivity index (χ1) is 17.4. The number of hydrogen-bond acceptors (Lipinski definition) is 2. The van der Waals surface area contributed by atoms with E-state index < -0.39 is 11.7 Å². The van der Waals surface area contributed by atoms with Crippen LogP contribution in [0.25, 0.3) is 22.0 Å². The zero-order chi connectivity index (χ0) is 25.1. The fourth-order valence-corrected chi connectivity index (χ4v) is 4.22. The van der Waals surface area contributed by atoms with E-state index in [1.54, 1.807) is 30.5 Å². The van der Waals surface area contributed by atoms with Crippen LogP contribution in [0.5, 0.6) is 0 Å². The molecule has 36 heavy (non-hydrogen) atoms. The zero-order valence-electron chi connectivity index (χ0n) is 19.2. The van der Waals surface area contributed by atoms with E-state index in [0.29, 0.717) is 22.4 Å². The van der Waals surface area contributed by atoms with Gasteiger partial charge >= 0.3 is 6.18 Å². The molecule has 180 valence electrons. The van der Waals surface area contributed by atoms with Crippen molar-refractivity contribution in [3.8, 4) is 11.1 Å². The number of hydrogen-bond donors (Lipinski definition) is 1. The molecule has 0 radical (unpaired) electrons. The summed E-state index contributed by atoms with van der Waals surface area (Å²) in [6.07, 6.45) is 0.197. The van der Waals surface area contributed by atoms with E-state index in [0.717, 1.165) is 41.7 Å². The lowest BCUT2D eigenvalue weighted by Crippen LogP contribution is -2.13. The summed E-state index contributed by atoms with van der Waals surface area (Å²) >= 11 is 0. The van der Waals surface area contributed by atoms with Crippen LogP contribution in [0.15, 0.2) is 103 Å². The van der Waals surface area contributed by atoms with Gasteiger partial charge in [-0.1, -0.05) is 36.4 Å². The van der Waals surface area contributed by atoms with Crippen molar-refractivity contribution in [3.05, 3.63) is 120 Å². The highest BCUT2D eigenvalue weighted by Crippen LogP contribution is 2.32. The number of nitrogens with zero attached hydrogens (tertiary/aromatic N) is 2. The van der Waals surface area contributed by atoms with Gasteiger partial charge in [0.15, 0.2) is 0 Å². The number of amides is 1. The average Bonchev–Trinajstić information content (AvgIpc) is 3.30. The summed E-state index contributed by atoms with van der Waals surface area (Å²) in [5.74, 6) is -0.334. The summed E-state index contributed by atoms with van der Waals surface area (Å²) in [4.78, 5) is 17.5. The van der Waals surface area contributed by atoms with E-state index in [1.165, 1.54) is 12.1 Å². The van der Waals surface area contributed by atoms with Crippen molar-refractivity contribution in [3.63, 3.8) is 0 Å². The second-order valence-corrected chi connectivity index (χ2v) is 8.43. The lowest BCUT2D eigenvalue weighted by molar-refractivity contribution is -0.137. The number of rotatable bonds is 6. The standard InChI is InChI=1S/C29H22F3N3O/c30-29(31,32)22-10-8-20(9-11-22)25-6-1-2-7-26(25)28(36)34-24-12-13-27-21(19-24)14-17-35(27)18-15-23-5-3-4-16-33-23/h1-14,16-17,19H,15,18H2,(H,34,36). The molecule has 2 heterocycles. The van der Waals surface area contributed by atoms with E-state index >= 15 is 0 Å². The van der Waals surface area contributed by atoms with Gasteiger partial charge in [-0.2, -0.15) is 13.2 Å². The SMILES string of the molecule is O=C(Nc1ccc2c(ccn2CCc2ccccn2)c1)c1ccccc1-c1ccc(C(F)(F)F)cc1. The first kappa shape index (κ1) is 23.4. The maximum Gasteiger partial charge on any atom is 0.416 e. The maximum absolute atomic E-state index is 13.1. The second-order valence-electron chi connectivity index (χ2n) is 8.43. The molecule has 0 aliphatic heterocycles. The predicted molar refractivity (Wildman–Crippen MR) is 135 cm³/mol. The molecule has 7 heteroatoms. The monoisotopic (exact) mass is 485 g/mol. The fourth-order valence-electron chi connectivity index (χ4n) is 4.22. The maximum atomic E-state index is 13.1. The lowest BCUT2D eigenvalue weighted by atomic mass is 9.98. The molecule has 2 aromatic heterocycles. The van der Waals surface area contributed by atoms with Gasteiger partial charge < -0.3 is 9.88 Å². The molecular formula is C29H22F3N3O. The lowest BCUT2D eigenvalue weighted by Gasteiger charge is -2.12. The molecule has 1 amide bonds. The first-order valence-electron chi connectivity index (χ1n) is 11.5. The summed E-state index contributed by atoms with van der Waals surface area (Å²) in [5, 5.41) is 3.92. The van der Waals surface area contributed by atoms with Crippen molar-refractivity contribution in [2.24, 2.45) is 0 Å². The van der Waals surface area contributed by atoms with E-state index in [1.807, 2.05) is 48.7 Å². The van der Waals surface area contributed by atoms with Gasteiger partial charge in [0, 0.05) is 53.2 Å². The van der Waals surface area contributed by atoms with Gasteiger partial charge in [-0.25, -0.2) is 0 Å². The number of fused-ring (bicyclic) bond motifs is 1. The smallest absolute Gasteiger partial charge is 0.347 e. The molecule has 0 aliphatic rings. The molecule has 0 spiro atoms. The Kier molecular flexibility index (Phi) is 6.29. The minimum atomic E-state index is -4.41. The predicted octanol–water partition coefficient (Wildman–Crippen LogP) is 7.22. The van der Waals surface area contributed by atoms with Gasteiger partial charge in [0.05, 0.1) is 5.56 Å². The number of nitrogens with one attached hydrogen (secondary N) is 1. The third-order valence-corrected chi connectivity index (χ3v) is 6.06. The van der Waals surface area contributed by atoms with E-state index in [4.69, 9.17) is 0 Å². The summed E-state index contributed by atoms with van der Waals surface area (Å²) in [5.41, 5.74) is 3.46. The summed E-state index contributed by atoms with van der Waals surface area (Å²) < 4.78 is 41.0. The number of halogens is 3. The van der Waals surface area contributed by atoms with Crippen molar-refractivity contribution in [2.45, 2.75) is 19.1 Å². The minimum Gasteiger partial charge on any atom is -0.347 e. The largest absolute Gasteiger partial charge is 0.416 e. The normalized spacial score (nSPS) is 11.5. The van der Waals surface area contributed by atoms with Crippen LogP contribution < -0.4 is 5.32 Å². The number of aryl methyl sites for hydroxylation is 2. The quantitative estimate of drug-likeness (QED) is 0.276. The highest BCUT2D eigenvalue weighted by atomic mass is 19.4. The van der Waals surface area contributed by atoms with Crippen LogP contribution >= 0.6 is 0 Å². The van der Waals surface area contributed by atoms with Crippen molar-refractivity contribution < 1.29 is 18.0 Å². The number of pyridine rings is 1. The fraction of sp³-hybridized carbons (Fsp3) is 0.103. The van der Waals surface area contributed by atoms with Gasteiger partial charge in [-0.05, 0) is 65.7 Å². The number of alkyl halides is 3. The Morgan fingerprint density at radius 1 is 0.889 bits per heavy atom. The Bertz CT molecular complexity index is 1510. The van der Waals surface area contributed by atoms with Crippen LogP contribution in [0.1, 0.15) is 21.6 Å². The van der Waals surface area contributed by atoms with Crippen LogP contribution in [0.4, 0.5) is 18.9 Å². The Labute approximate surface area is 206 Å². The molecule has 0 fully saturated rings. The van der Waals surface area contributed by atoms with Crippen molar-refractivity contribution in [2.75, 3.05) is 5.32 Å². The highest BCUT2D eigenvalue weighted by molar-refractivity contribution is 6.09. The van der Waals surface area contributed by atoms with E-state index in [-0.39, 0.29) is 5.91 Å². The van der Waals surface area contributed by atoms with Gasteiger partial charge in [-0.15, -0.1) is 0 Å². The Balaban J connectivity index is 1.34. The van der Waals surface area contributed by atoms with Gasteiger partial charge in [0.1, 0.15) is 0 Å². The zero-order valence-corrected chi connectivity index (χ0v) is 19.2. The van der Waals surface area contributed by atoms with Gasteiger partial charge in [0.25, 0.3) is 5.91 Å². The molecule has 0 unspecified atom stereocenters. The van der Waals surface area contributed by atoms with Crippen molar-refractivity contribution in [1.29, 1.82) is 0 Å². The summed E-state index contributed by atoms with van der Waals surface area (Å²) in [6.45, 7) is 0.784. The number of aromatic nitrogens is 2. The van der Waals surface area contributed by atoms with Crippen LogP contribution in [-0.2, 0) is 19.1 Å². The number of benzene rings is 3. The molecule has 4 nitrogen and oxygen atoms in total. The van der Waals surface area contributed by atoms with Crippen LogP contribution in [0.3, 0.4) is 0 Å². The van der Waals surface area contributed by atoms with Crippen molar-refractivity contribution in [1.82, 2.24) is 9.55 Å². The van der Waals surface area contributed by atoms with Gasteiger partial charge in [0.2, 0.25) is 0 Å². The summed E-state index contributed by atoms with van der Waals surface area (Å²) in [6, 6.07) is 25.3. The molecule has 0 saturated heterocycles. The number of carbonyl (C=O) groups excluding carboxylic acids is 1. The van der Waals surface area contributed by atoms with Crippen LogP contribution in [0, 0.1) is 0 Å². The van der Waals surface area contributed by atoms with E-state index in [9.17, 15) is 18.0 Å². The molecule has 1 N–H and O–H groups in total. The molecule has 5 aromatic rings. The molecule has 0 aliphatic carbocycles. The molecule has 0 saturated carbocycles. The third-order valence-electron chi connectivity index (χ3n) is 6.06. The molecule has 0 bridgehead atoms. The highest BCUT2D eigenvalue weighted by Gasteiger charge is 2.30. The molecular weight excluding hydrogens is 463 g/mol.